The average molecular weight is 302 g/mol. The lowest BCUT2D eigenvalue weighted by Gasteiger charge is -2.37. The molecule has 1 saturated carbocycles. The largest absolute Gasteiger partial charge is 0.393 e. The third kappa shape index (κ3) is 3.14. The Morgan fingerprint density at radius 1 is 1.36 bits per heavy atom. The van der Waals surface area contributed by atoms with E-state index in [0.29, 0.717) is 25.0 Å². The highest BCUT2D eigenvalue weighted by atomic mass is 16.3. The molecule has 0 bridgehead atoms. The summed E-state index contributed by atoms with van der Waals surface area (Å²) in [7, 11) is 0. The van der Waals surface area contributed by atoms with Crippen molar-refractivity contribution >= 4 is 17.5 Å². The minimum atomic E-state index is -0.306. The molecule has 7 nitrogen and oxygen atoms in total. The van der Waals surface area contributed by atoms with E-state index in [1.807, 2.05) is 18.2 Å². The van der Waals surface area contributed by atoms with E-state index in [4.69, 9.17) is 0 Å². The zero-order valence-corrected chi connectivity index (χ0v) is 12.0. The zero-order valence-electron chi connectivity index (χ0n) is 12.0. The number of hydrogen-bond donors (Lipinski definition) is 3. The van der Waals surface area contributed by atoms with Gasteiger partial charge in [0.15, 0.2) is 0 Å². The molecule has 22 heavy (non-hydrogen) atoms. The number of rotatable bonds is 4. The SMILES string of the molecule is O=C1CCC(C(=O)N[C@@H](c2ccccn2)C2CC(O)C2)=NN1. The Morgan fingerprint density at radius 2 is 2.18 bits per heavy atom. The maximum atomic E-state index is 12.3. The van der Waals surface area contributed by atoms with Gasteiger partial charge in [0.25, 0.3) is 5.91 Å². The van der Waals surface area contributed by atoms with E-state index in [0.717, 1.165) is 5.69 Å². The molecule has 2 aliphatic rings. The molecular formula is C15H18N4O3. The number of pyridine rings is 1. The molecule has 0 saturated heterocycles. The van der Waals surface area contributed by atoms with Gasteiger partial charge in [0.05, 0.1) is 17.8 Å². The predicted molar refractivity (Wildman–Crippen MR) is 78.7 cm³/mol. The van der Waals surface area contributed by atoms with Crippen LogP contribution >= 0.6 is 0 Å². The molecule has 1 aromatic rings. The standard InChI is InChI=1S/C15H18N4O3/c20-10-7-9(8-10)14(11-3-1-2-6-16-11)17-15(22)12-4-5-13(21)19-18-12/h1-3,6,9-10,14,20H,4-5,7-8H2,(H,17,22)(H,19,21)/t9?,10?,14-/m1/s1. The van der Waals surface area contributed by atoms with E-state index in [9.17, 15) is 14.7 Å². The van der Waals surface area contributed by atoms with E-state index in [2.05, 4.69) is 20.8 Å². The lowest BCUT2D eigenvalue weighted by molar-refractivity contribution is -0.121. The summed E-state index contributed by atoms with van der Waals surface area (Å²) < 4.78 is 0. The van der Waals surface area contributed by atoms with Crippen molar-refractivity contribution in [1.82, 2.24) is 15.7 Å². The number of hydrazone groups is 1. The van der Waals surface area contributed by atoms with Crippen LogP contribution in [0.15, 0.2) is 29.5 Å². The van der Waals surface area contributed by atoms with Crippen molar-refractivity contribution in [1.29, 1.82) is 0 Å². The van der Waals surface area contributed by atoms with Crippen molar-refractivity contribution < 1.29 is 14.7 Å². The molecule has 1 aromatic heterocycles. The Morgan fingerprint density at radius 3 is 2.77 bits per heavy atom. The van der Waals surface area contributed by atoms with Crippen molar-refractivity contribution in [3.05, 3.63) is 30.1 Å². The van der Waals surface area contributed by atoms with Gasteiger partial charge in [-0.25, -0.2) is 5.43 Å². The summed E-state index contributed by atoms with van der Waals surface area (Å²) in [5, 5.41) is 16.3. The minimum absolute atomic E-state index is 0.160. The Kier molecular flexibility index (Phi) is 4.15. The van der Waals surface area contributed by atoms with Gasteiger partial charge in [-0.05, 0) is 30.9 Å². The van der Waals surface area contributed by atoms with Gasteiger partial charge in [0.1, 0.15) is 5.71 Å². The Hall–Kier alpha value is -2.28. The van der Waals surface area contributed by atoms with Crippen LogP contribution in [0.4, 0.5) is 0 Å². The molecule has 0 spiro atoms. The second-order valence-electron chi connectivity index (χ2n) is 5.68. The Labute approximate surface area is 127 Å². The molecule has 2 amide bonds. The first-order valence-electron chi connectivity index (χ1n) is 7.38. The first-order valence-corrected chi connectivity index (χ1v) is 7.38. The second-order valence-corrected chi connectivity index (χ2v) is 5.68. The molecule has 1 aliphatic carbocycles. The van der Waals surface area contributed by atoms with Gasteiger partial charge in [-0.15, -0.1) is 0 Å². The first kappa shape index (κ1) is 14.6. The van der Waals surface area contributed by atoms with Gasteiger partial charge in [-0.3, -0.25) is 14.6 Å². The van der Waals surface area contributed by atoms with Gasteiger partial charge in [-0.2, -0.15) is 5.10 Å². The van der Waals surface area contributed by atoms with Gasteiger partial charge in [-0.1, -0.05) is 6.07 Å². The highest BCUT2D eigenvalue weighted by molar-refractivity contribution is 6.39. The number of nitrogens with zero attached hydrogens (tertiary/aromatic N) is 2. The lowest BCUT2D eigenvalue weighted by atomic mass is 9.76. The number of amides is 2. The van der Waals surface area contributed by atoms with E-state index >= 15 is 0 Å². The summed E-state index contributed by atoms with van der Waals surface area (Å²) in [6.07, 6.45) is 3.26. The number of aliphatic hydroxyl groups is 1. The van der Waals surface area contributed by atoms with Crippen molar-refractivity contribution in [2.24, 2.45) is 11.0 Å². The summed E-state index contributed by atoms with van der Waals surface area (Å²) >= 11 is 0. The maximum Gasteiger partial charge on any atom is 0.268 e. The number of carbonyl (C=O) groups excluding carboxylic acids is 2. The monoisotopic (exact) mass is 302 g/mol. The molecule has 0 aromatic carbocycles. The number of nitrogens with one attached hydrogen (secondary N) is 2. The van der Waals surface area contributed by atoms with Gasteiger partial charge in [0.2, 0.25) is 5.91 Å². The molecule has 1 atom stereocenters. The predicted octanol–water partition coefficient (Wildman–Crippen LogP) is 0.276. The zero-order chi connectivity index (χ0) is 15.5. The van der Waals surface area contributed by atoms with Crippen molar-refractivity contribution in [2.75, 3.05) is 0 Å². The lowest BCUT2D eigenvalue weighted by Crippen LogP contribution is -2.45. The van der Waals surface area contributed by atoms with Crippen molar-refractivity contribution in [3.63, 3.8) is 0 Å². The smallest absolute Gasteiger partial charge is 0.268 e. The number of aromatic nitrogens is 1. The van der Waals surface area contributed by atoms with E-state index in [1.54, 1.807) is 6.20 Å². The van der Waals surface area contributed by atoms with E-state index < -0.39 is 0 Å². The summed E-state index contributed by atoms with van der Waals surface area (Å²) in [5.74, 6) is -0.315. The van der Waals surface area contributed by atoms with E-state index in [-0.39, 0.29) is 36.3 Å². The van der Waals surface area contributed by atoms with Crippen LogP contribution in [0.1, 0.15) is 37.4 Å². The number of carbonyl (C=O) groups is 2. The van der Waals surface area contributed by atoms with Crippen LogP contribution < -0.4 is 10.7 Å². The third-order valence-corrected chi connectivity index (χ3v) is 4.08. The average Bonchev–Trinajstić information content (AvgIpc) is 2.51. The second kappa shape index (κ2) is 6.23. The molecule has 3 N–H and O–H groups in total. The fourth-order valence-electron chi connectivity index (χ4n) is 2.76. The van der Waals surface area contributed by atoms with Crippen LogP contribution in [0, 0.1) is 5.92 Å². The van der Waals surface area contributed by atoms with Crippen molar-refractivity contribution in [3.8, 4) is 0 Å². The fraction of sp³-hybridized carbons (Fsp3) is 0.467. The number of hydrogen-bond acceptors (Lipinski definition) is 5. The van der Waals surface area contributed by atoms with Gasteiger partial charge < -0.3 is 10.4 Å². The highest BCUT2D eigenvalue weighted by Crippen LogP contribution is 2.37. The molecule has 1 fully saturated rings. The fourth-order valence-corrected chi connectivity index (χ4v) is 2.76. The highest BCUT2D eigenvalue weighted by Gasteiger charge is 2.37. The van der Waals surface area contributed by atoms with Crippen LogP contribution in [-0.2, 0) is 9.59 Å². The van der Waals surface area contributed by atoms with E-state index in [1.165, 1.54) is 0 Å². The summed E-state index contributed by atoms with van der Waals surface area (Å²) in [6, 6.07) is 5.30. The summed E-state index contributed by atoms with van der Waals surface area (Å²) in [5.41, 5.74) is 3.41. The molecule has 1 aliphatic heterocycles. The summed E-state index contributed by atoms with van der Waals surface area (Å²) in [4.78, 5) is 27.7. The molecular weight excluding hydrogens is 284 g/mol. The molecule has 2 heterocycles. The number of aliphatic hydroxyl groups excluding tert-OH is 1. The molecule has 7 heteroatoms. The third-order valence-electron chi connectivity index (χ3n) is 4.08. The Bertz CT molecular complexity index is 596. The normalized spacial score (nSPS) is 25.5. The molecule has 0 unspecified atom stereocenters. The molecule has 116 valence electrons. The van der Waals surface area contributed by atoms with Crippen LogP contribution in [0.5, 0.6) is 0 Å². The minimum Gasteiger partial charge on any atom is -0.393 e. The molecule has 3 rings (SSSR count). The van der Waals surface area contributed by atoms with Crippen molar-refractivity contribution in [2.45, 2.75) is 37.8 Å². The Balaban J connectivity index is 1.73. The van der Waals surface area contributed by atoms with Crippen LogP contribution in [0.3, 0.4) is 0 Å². The van der Waals surface area contributed by atoms with Gasteiger partial charge in [0, 0.05) is 19.0 Å². The first-order chi connectivity index (χ1) is 10.6. The van der Waals surface area contributed by atoms with Crippen LogP contribution in [-0.4, -0.2) is 33.7 Å². The van der Waals surface area contributed by atoms with Gasteiger partial charge >= 0.3 is 0 Å². The quantitative estimate of drug-likeness (QED) is 0.743. The summed E-state index contributed by atoms with van der Waals surface area (Å²) in [6.45, 7) is 0. The topological polar surface area (TPSA) is 104 Å². The van der Waals surface area contributed by atoms with Crippen LogP contribution in [0.2, 0.25) is 0 Å². The maximum absolute atomic E-state index is 12.3. The molecule has 0 radical (unpaired) electrons. The van der Waals surface area contributed by atoms with Crippen LogP contribution in [0.25, 0.3) is 0 Å².